The van der Waals surface area contributed by atoms with E-state index in [-0.39, 0.29) is 0 Å². The molecule has 0 saturated heterocycles. The van der Waals surface area contributed by atoms with Crippen LogP contribution >= 0.6 is 0 Å². The molecule has 0 aliphatic rings. The first kappa shape index (κ1) is 8.96. The quantitative estimate of drug-likeness (QED) is 0.618. The smallest absolute Gasteiger partial charge is 0.0668 e. The second-order valence-electron chi connectivity index (χ2n) is 2.86. The first-order valence-corrected chi connectivity index (χ1v) is 3.58. The van der Waals surface area contributed by atoms with Crippen LogP contribution in [0.5, 0.6) is 0 Å². The minimum absolute atomic E-state index is 0.319. The van der Waals surface area contributed by atoms with Crippen LogP contribution in [-0.2, 0) is 0 Å². The third-order valence-electron chi connectivity index (χ3n) is 2.12. The third kappa shape index (κ3) is 1.98. The summed E-state index contributed by atoms with van der Waals surface area (Å²) in [6, 6.07) is 0. The summed E-state index contributed by atoms with van der Waals surface area (Å²) in [4.78, 5) is 0. The maximum atomic E-state index is 9.64. The highest BCUT2D eigenvalue weighted by molar-refractivity contribution is 4.80. The molecule has 0 spiro atoms. The Labute approximate surface area is 58.1 Å². The molecule has 55 valence electrons. The van der Waals surface area contributed by atoms with E-state index in [1.165, 1.54) is 0 Å². The number of hydrogen-bond donors (Lipinski definition) is 1. The highest BCUT2D eigenvalue weighted by Crippen LogP contribution is 2.23. The first-order valence-electron chi connectivity index (χ1n) is 3.58. The molecular formula is C8H17O. The maximum absolute atomic E-state index is 9.64. The van der Waals surface area contributed by atoms with Crippen LogP contribution < -0.4 is 0 Å². The van der Waals surface area contributed by atoms with Gasteiger partial charge in [-0.2, -0.15) is 0 Å². The monoisotopic (exact) mass is 129 g/mol. The summed E-state index contributed by atoms with van der Waals surface area (Å²) in [5, 5.41) is 9.64. The zero-order valence-electron chi connectivity index (χ0n) is 6.65. The van der Waals surface area contributed by atoms with E-state index >= 15 is 0 Å². The van der Waals surface area contributed by atoms with E-state index in [9.17, 15) is 5.11 Å². The minimum atomic E-state index is -0.528. The summed E-state index contributed by atoms with van der Waals surface area (Å²) in [5.74, 6) is 0.319. The maximum Gasteiger partial charge on any atom is 0.0668 e. The summed E-state index contributed by atoms with van der Waals surface area (Å²) in [6.07, 6.45) is 1.41. The first-order chi connectivity index (χ1) is 4.06. The molecule has 1 radical (unpaired) electrons. The molecule has 1 heteroatoms. The molecule has 0 heterocycles. The molecule has 1 atom stereocenters. The minimum Gasteiger partial charge on any atom is -0.390 e. The fourth-order valence-corrected chi connectivity index (χ4v) is 0.874. The lowest BCUT2D eigenvalue weighted by Gasteiger charge is -2.29. The van der Waals surface area contributed by atoms with Crippen LogP contribution in [0.15, 0.2) is 0 Å². The number of hydrogen-bond acceptors (Lipinski definition) is 1. The lowest BCUT2D eigenvalue weighted by Crippen LogP contribution is -2.32. The van der Waals surface area contributed by atoms with E-state index in [0.29, 0.717) is 12.3 Å². The average molecular weight is 129 g/mol. The average Bonchev–Trinajstić information content (AvgIpc) is 1.86. The fourth-order valence-electron chi connectivity index (χ4n) is 0.874. The van der Waals surface area contributed by atoms with E-state index in [0.717, 1.165) is 6.42 Å². The molecule has 1 nitrogen and oxygen atoms in total. The van der Waals surface area contributed by atoms with E-state index in [1.54, 1.807) is 0 Å². The third-order valence-corrected chi connectivity index (χ3v) is 2.12. The van der Waals surface area contributed by atoms with Gasteiger partial charge in [0.15, 0.2) is 0 Å². The van der Waals surface area contributed by atoms with Gasteiger partial charge in [-0.15, -0.1) is 0 Å². The summed E-state index contributed by atoms with van der Waals surface area (Å²) in [6.45, 7) is 9.74. The zero-order chi connectivity index (χ0) is 7.49. The van der Waals surface area contributed by atoms with Crippen molar-refractivity contribution < 1.29 is 5.11 Å². The molecule has 0 aliphatic heterocycles. The van der Waals surface area contributed by atoms with Crippen LogP contribution in [0.1, 0.15) is 33.6 Å². The van der Waals surface area contributed by atoms with Gasteiger partial charge in [0, 0.05) is 0 Å². The van der Waals surface area contributed by atoms with Crippen LogP contribution in [0.2, 0.25) is 0 Å². The Bertz CT molecular complexity index is 72.6. The van der Waals surface area contributed by atoms with Crippen molar-refractivity contribution in [3.63, 3.8) is 0 Å². The number of aliphatic hydroxyl groups is 1. The molecule has 1 N–H and O–H groups in total. The SMILES string of the molecule is [CH2]CC(O)(CC)C(C)C. The normalized spacial score (nSPS) is 12.7. The highest BCUT2D eigenvalue weighted by atomic mass is 16.3. The summed E-state index contributed by atoms with van der Waals surface area (Å²) in [5.41, 5.74) is -0.528. The van der Waals surface area contributed by atoms with Crippen molar-refractivity contribution in [2.24, 2.45) is 5.92 Å². The van der Waals surface area contributed by atoms with E-state index in [2.05, 4.69) is 6.92 Å². The lowest BCUT2D eigenvalue weighted by molar-refractivity contribution is -0.00644. The molecule has 0 aromatic heterocycles. The highest BCUT2D eigenvalue weighted by Gasteiger charge is 2.25. The van der Waals surface area contributed by atoms with Crippen LogP contribution in [0.3, 0.4) is 0 Å². The van der Waals surface area contributed by atoms with E-state index < -0.39 is 5.60 Å². The standard InChI is InChI=1S/C8H17O/c1-5-8(9,6-2)7(3)4/h7,9H,1,5-6H2,2-4H3. The van der Waals surface area contributed by atoms with Gasteiger partial charge in [0.25, 0.3) is 0 Å². The van der Waals surface area contributed by atoms with Crippen LogP contribution in [-0.4, -0.2) is 10.7 Å². The zero-order valence-corrected chi connectivity index (χ0v) is 6.65. The van der Waals surface area contributed by atoms with Crippen molar-refractivity contribution in [1.82, 2.24) is 0 Å². The second kappa shape index (κ2) is 3.21. The molecule has 0 saturated carbocycles. The summed E-state index contributed by atoms with van der Waals surface area (Å²) >= 11 is 0. The summed E-state index contributed by atoms with van der Waals surface area (Å²) in [7, 11) is 0. The van der Waals surface area contributed by atoms with Gasteiger partial charge in [0.2, 0.25) is 0 Å². The van der Waals surface area contributed by atoms with Gasteiger partial charge in [0.05, 0.1) is 5.60 Å². The molecule has 0 bridgehead atoms. The lowest BCUT2D eigenvalue weighted by atomic mass is 9.86. The van der Waals surface area contributed by atoms with Gasteiger partial charge in [0.1, 0.15) is 0 Å². The predicted molar refractivity (Wildman–Crippen MR) is 40.1 cm³/mol. The molecular weight excluding hydrogens is 112 g/mol. The van der Waals surface area contributed by atoms with Gasteiger partial charge in [-0.3, -0.25) is 0 Å². The van der Waals surface area contributed by atoms with Crippen molar-refractivity contribution in [2.45, 2.75) is 39.2 Å². The Hall–Kier alpha value is -0.0400. The van der Waals surface area contributed by atoms with Gasteiger partial charge in [-0.05, 0) is 18.8 Å². The number of rotatable bonds is 3. The molecule has 1 unspecified atom stereocenters. The molecule has 9 heavy (non-hydrogen) atoms. The molecule has 0 rings (SSSR count). The van der Waals surface area contributed by atoms with Gasteiger partial charge in [-0.25, -0.2) is 0 Å². The van der Waals surface area contributed by atoms with E-state index in [4.69, 9.17) is 0 Å². The van der Waals surface area contributed by atoms with E-state index in [1.807, 2.05) is 20.8 Å². The van der Waals surface area contributed by atoms with Crippen molar-refractivity contribution in [3.05, 3.63) is 6.92 Å². The van der Waals surface area contributed by atoms with Gasteiger partial charge < -0.3 is 5.11 Å². The molecule has 0 aliphatic carbocycles. The Morgan fingerprint density at radius 3 is 2.00 bits per heavy atom. The van der Waals surface area contributed by atoms with Crippen molar-refractivity contribution >= 4 is 0 Å². The molecule has 0 aromatic carbocycles. The predicted octanol–water partition coefficient (Wildman–Crippen LogP) is 2.01. The van der Waals surface area contributed by atoms with Gasteiger partial charge in [-0.1, -0.05) is 27.7 Å². The molecule has 0 aromatic rings. The molecule has 0 amide bonds. The van der Waals surface area contributed by atoms with Crippen molar-refractivity contribution in [2.75, 3.05) is 0 Å². The Kier molecular flexibility index (Phi) is 3.20. The van der Waals surface area contributed by atoms with Gasteiger partial charge >= 0.3 is 0 Å². The van der Waals surface area contributed by atoms with Crippen LogP contribution in [0.4, 0.5) is 0 Å². The van der Waals surface area contributed by atoms with Crippen molar-refractivity contribution in [3.8, 4) is 0 Å². The Balaban J connectivity index is 3.92. The Morgan fingerprint density at radius 1 is 1.56 bits per heavy atom. The van der Waals surface area contributed by atoms with Crippen LogP contribution in [0.25, 0.3) is 0 Å². The van der Waals surface area contributed by atoms with Crippen molar-refractivity contribution in [1.29, 1.82) is 0 Å². The molecule has 0 fully saturated rings. The fraction of sp³-hybridized carbons (Fsp3) is 0.875. The second-order valence-corrected chi connectivity index (χ2v) is 2.86. The largest absolute Gasteiger partial charge is 0.390 e. The summed E-state index contributed by atoms with van der Waals surface area (Å²) < 4.78 is 0. The Morgan fingerprint density at radius 2 is 2.00 bits per heavy atom. The van der Waals surface area contributed by atoms with Crippen LogP contribution in [0, 0.1) is 12.8 Å². The topological polar surface area (TPSA) is 20.2 Å².